The Hall–Kier alpha value is -4.51. The standard InChI is InChI=1S/C22H14N4O4/c1-13-6-8-16-18(10-13)24-21(25-22(16)27)14(12-23)11-15-7-9-20(30-15)17-4-2-3-5-19(17)26(28)29/h2-11H,1H3,(H,24,25,27)/b14-11+. The maximum Gasteiger partial charge on any atom is 0.280 e. The molecule has 4 aromatic rings. The van der Waals surface area contributed by atoms with E-state index in [1.165, 1.54) is 12.1 Å². The summed E-state index contributed by atoms with van der Waals surface area (Å²) in [5.74, 6) is 0.706. The van der Waals surface area contributed by atoms with Gasteiger partial charge in [0.25, 0.3) is 11.2 Å². The molecular formula is C22H14N4O4. The number of nitriles is 1. The zero-order chi connectivity index (χ0) is 21.3. The van der Waals surface area contributed by atoms with Crippen LogP contribution in [-0.2, 0) is 0 Å². The number of aromatic amines is 1. The molecule has 0 saturated carbocycles. The van der Waals surface area contributed by atoms with Gasteiger partial charge >= 0.3 is 0 Å². The van der Waals surface area contributed by atoms with Crippen molar-refractivity contribution >= 4 is 28.2 Å². The highest BCUT2D eigenvalue weighted by Crippen LogP contribution is 2.31. The molecule has 0 spiro atoms. The molecule has 0 aliphatic heterocycles. The van der Waals surface area contributed by atoms with E-state index in [2.05, 4.69) is 9.97 Å². The van der Waals surface area contributed by atoms with E-state index in [9.17, 15) is 20.2 Å². The number of aromatic nitrogens is 2. The highest BCUT2D eigenvalue weighted by atomic mass is 16.6. The van der Waals surface area contributed by atoms with Gasteiger partial charge in [-0.2, -0.15) is 5.26 Å². The van der Waals surface area contributed by atoms with Gasteiger partial charge < -0.3 is 9.40 Å². The number of rotatable bonds is 4. The molecule has 0 fully saturated rings. The lowest BCUT2D eigenvalue weighted by atomic mass is 10.1. The van der Waals surface area contributed by atoms with Gasteiger partial charge in [-0.3, -0.25) is 14.9 Å². The van der Waals surface area contributed by atoms with Gasteiger partial charge in [0.05, 0.1) is 27.0 Å². The number of nitro benzene ring substituents is 1. The van der Waals surface area contributed by atoms with E-state index >= 15 is 0 Å². The summed E-state index contributed by atoms with van der Waals surface area (Å²) in [5, 5.41) is 21.3. The van der Waals surface area contributed by atoms with E-state index in [0.717, 1.165) is 5.56 Å². The first-order valence-corrected chi connectivity index (χ1v) is 8.93. The predicted molar refractivity (Wildman–Crippen MR) is 111 cm³/mol. The number of benzene rings is 2. The number of hydrogen-bond donors (Lipinski definition) is 1. The van der Waals surface area contributed by atoms with Crippen LogP contribution in [-0.4, -0.2) is 14.9 Å². The molecule has 4 rings (SSSR count). The second-order valence-corrected chi connectivity index (χ2v) is 6.58. The molecular weight excluding hydrogens is 384 g/mol. The highest BCUT2D eigenvalue weighted by Gasteiger charge is 2.17. The zero-order valence-electron chi connectivity index (χ0n) is 15.7. The molecule has 8 heteroatoms. The summed E-state index contributed by atoms with van der Waals surface area (Å²) in [4.78, 5) is 30.1. The zero-order valence-corrected chi connectivity index (χ0v) is 15.7. The Balaban J connectivity index is 1.77. The van der Waals surface area contributed by atoms with Crippen LogP contribution in [0.4, 0.5) is 5.69 Å². The third kappa shape index (κ3) is 3.47. The number of nitrogens with zero attached hydrogens (tertiary/aromatic N) is 3. The van der Waals surface area contributed by atoms with E-state index in [-0.39, 0.29) is 22.6 Å². The molecule has 0 unspecified atom stereocenters. The molecule has 2 aromatic heterocycles. The summed E-state index contributed by atoms with van der Waals surface area (Å²) >= 11 is 0. The SMILES string of the molecule is Cc1ccc2c(=O)[nH]c(/C(C#N)=C/c3ccc(-c4ccccc4[N+](=O)[O-])o3)nc2c1. The van der Waals surface area contributed by atoms with Crippen LogP contribution < -0.4 is 5.56 Å². The van der Waals surface area contributed by atoms with Crippen LogP contribution in [0.5, 0.6) is 0 Å². The lowest BCUT2D eigenvalue weighted by Gasteiger charge is -2.02. The number of H-pyrrole nitrogens is 1. The van der Waals surface area contributed by atoms with Gasteiger partial charge in [-0.05, 0) is 42.8 Å². The number of furan rings is 1. The lowest BCUT2D eigenvalue weighted by molar-refractivity contribution is -0.384. The highest BCUT2D eigenvalue weighted by molar-refractivity contribution is 5.88. The molecule has 30 heavy (non-hydrogen) atoms. The molecule has 0 aliphatic rings. The molecule has 0 saturated heterocycles. The second-order valence-electron chi connectivity index (χ2n) is 6.58. The topological polar surface area (TPSA) is 126 Å². The van der Waals surface area contributed by atoms with Crippen molar-refractivity contribution in [3.8, 4) is 17.4 Å². The first-order valence-electron chi connectivity index (χ1n) is 8.93. The van der Waals surface area contributed by atoms with Crippen molar-refractivity contribution in [1.29, 1.82) is 5.26 Å². The summed E-state index contributed by atoms with van der Waals surface area (Å²) in [7, 11) is 0. The molecule has 0 atom stereocenters. The van der Waals surface area contributed by atoms with Gasteiger partial charge in [-0.15, -0.1) is 0 Å². The van der Waals surface area contributed by atoms with Gasteiger partial charge in [0, 0.05) is 12.1 Å². The van der Waals surface area contributed by atoms with Gasteiger partial charge in [0.15, 0.2) is 5.82 Å². The minimum absolute atomic E-state index is 0.0845. The average molecular weight is 398 g/mol. The van der Waals surface area contributed by atoms with Crippen LogP contribution in [0.1, 0.15) is 17.1 Å². The van der Waals surface area contributed by atoms with Crippen molar-refractivity contribution < 1.29 is 9.34 Å². The quantitative estimate of drug-likeness (QED) is 0.307. The normalized spacial score (nSPS) is 11.4. The Morgan fingerprint density at radius 2 is 2.03 bits per heavy atom. The molecule has 146 valence electrons. The van der Waals surface area contributed by atoms with Crippen molar-refractivity contribution in [3.63, 3.8) is 0 Å². The Morgan fingerprint density at radius 1 is 1.23 bits per heavy atom. The minimum Gasteiger partial charge on any atom is -0.456 e. The third-order valence-corrected chi connectivity index (χ3v) is 4.52. The molecule has 1 N–H and O–H groups in total. The fourth-order valence-corrected chi connectivity index (χ4v) is 3.09. The molecule has 0 radical (unpaired) electrons. The Bertz CT molecular complexity index is 1420. The summed E-state index contributed by atoms with van der Waals surface area (Å²) in [6, 6.07) is 16.7. The van der Waals surface area contributed by atoms with Crippen molar-refractivity contribution in [2.75, 3.05) is 0 Å². The first kappa shape index (κ1) is 18.8. The smallest absolute Gasteiger partial charge is 0.280 e. The van der Waals surface area contributed by atoms with Crippen LogP contribution in [0.25, 0.3) is 33.9 Å². The van der Waals surface area contributed by atoms with Crippen molar-refractivity contribution in [2.45, 2.75) is 6.92 Å². The fraction of sp³-hybridized carbons (Fsp3) is 0.0455. The van der Waals surface area contributed by atoms with E-state index < -0.39 is 4.92 Å². The van der Waals surface area contributed by atoms with Gasteiger partial charge in [-0.1, -0.05) is 18.2 Å². The number of nitro groups is 1. The van der Waals surface area contributed by atoms with Crippen molar-refractivity contribution in [2.24, 2.45) is 0 Å². The largest absolute Gasteiger partial charge is 0.456 e. The van der Waals surface area contributed by atoms with E-state index in [0.29, 0.717) is 28.0 Å². The summed E-state index contributed by atoms with van der Waals surface area (Å²) in [6.45, 7) is 1.89. The number of aryl methyl sites for hydroxylation is 1. The number of nitrogens with one attached hydrogen (secondary N) is 1. The van der Waals surface area contributed by atoms with Gasteiger partial charge in [0.2, 0.25) is 0 Å². The average Bonchev–Trinajstić information content (AvgIpc) is 3.20. The van der Waals surface area contributed by atoms with Crippen molar-refractivity contribution in [1.82, 2.24) is 9.97 Å². The number of para-hydroxylation sites is 1. The second kappa shape index (κ2) is 7.48. The summed E-state index contributed by atoms with van der Waals surface area (Å²) < 4.78 is 5.70. The van der Waals surface area contributed by atoms with Crippen LogP contribution >= 0.6 is 0 Å². The van der Waals surface area contributed by atoms with Gasteiger partial charge in [-0.25, -0.2) is 4.98 Å². The van der Waals surface area contributed by atoms with Gasteiger partial charge in [0.1, 0.15) is 17.6 Å². The summed E-state index contributed by atoms with van der Waals surface area (Å²) in [6.07, 6.45) is 1.43. The molecule has 2 heterocycles. The van der Waals surface area contributed by atoms with Crippen molar-refractivity contribution in [3.05, 3.63) is 92.2 Å². The summed E-state index contributed by atoms with van der Waals surface area (Å²) in [5.41, 5.74) is 1.41. The Kier molecular flexibility index (Phi) is 4.70. The van der Waals surface area contributed by atoms with E-state index in [1.807, 2.05) is 19.1 Å². The van der Waals surface area contributed by atoms with Crippen LogP contribution in [0.3, 0.4) is 0 Å². The van der Waals surface area contributed by atoms with Crippen LogP contribution in [0.15, 0.2) is 63.8 Å². The Morgan fingerprint density at radius 3 is 2.80 bits per heavy atom. The third-order valence-electron chi connectivity index (χ3n) is 4.52. The number of hydrogen-bond acceptors (Lipinski definition) is 6. The maximum absolute atomic E-state index is 12.4. The van der Waals surface area contributed by atoms with E-state index in [4.69, 9.17) is 4.42 Å². The number of allylic oxidation sites excluding steroid dienone is 1. The van der Waals surface area contributed by atoms with E-state index in [1.54, 1.807) is 42.5 Å². The van der Waals surface area contributed by atoms with Crippen LogP contribution in [0.2, 0.25) is 0 Å². The Labute approximate surface area is 169 Å². The molecule has 2 aromatic carbocycles. The number of fused-ring (bicyclic) bond motifs is 1. The molecule has 8 nitrogen and oxygen atoms in total. The predicted octanol–water partition coefficient (Wildman–Crippen LogP) is 4.46. The van der Waals surface area contributed by atoms with Crippen LogP contribution in [0, 0.1) is 28.4 Å². The molecule has 0 aliphatic carbocycles. The minimum atomic E-state index is -0.486. The molecule has 0 amide bonds. The fourth-order valence-electron chi connectivity index (χ4n) is 3.09. The lowest BCUT2D eigenvalue weighted by Crippen LogP contribution is -2.11. The molecule has 0 bridgehead atoms. The monoisotopic (exact) mass is 398 g/mol. The maximum atomic E-state index is 12.4. The first-order chi connectivity index (χ1) is 14.5.